The lowest BCUT2D eigenvalue weighted by Crippen LogP contribution is -2.12. The number of aryl methyl sites for hydroxylation is 2. The fourth-order valence-electron chi connectivity index (χ4n) is 2.61. The van der Waals surface area contributed by atoms with Crippen LogP contribution in [0.5, 0.6) is 0 Å². The van der Waals surface area contributed by atoms with Gasteiger partial charge in [0.2, 0.25) is 11.0 Å². The van der Waals surface area contributed by atoms with Gasteiger partial charge in [-0.25, -0.2) is 4.98 Å². The van der Waals surface area contributed by atoms with E-state index in [0.29, 0.717) is 29.1 Å². The molecule has 7 heteroatoms. The maximum absolute atomic E-state index is 12.1. The van der Waals surface area contributed by atoms with Crippen LogP contribution < -0.4 is 5.32 Å². The van der Waals surface area contributed by atoms with Crippen LogP contribution in [-0.2, 0) is 17.6 Å². The summed E-state index contributed by atoms with van der Waals surface area (Å²) in [4.78, 5) is 16.4. The Morgan fingerprint density at radius 1 is 1.19 bits per heavy atom. The van der Waals surface area contributed by atoms with Crippen molar-refractivity contribution in [3.8, 4) is 11.3 Å². The SMILES string of the molecule is CCCc1nnc(NC(=O)CCc2ncc(-c3ccc(C(C)C)cc3)o2)s1. The number of amides is 1. The smallest absolute Gasteiger partial charge is 0.226 e. The van der Waals surface area contributed by atoms with Crippen LogP contribution in [0.2, 0.25) is 0 Å². The number of aromatic nitrogens is 3. The van der Waals surface area contributed by atoms with E-state index >= 15 is 0 Å². The first-order valence-corrected chi connectivity index (χ1v) is 10.0. The van der Waals surface area contributed by atoms with E-state index in [0.717, 1.165) is 23.4 Å². The Labute approximate surface area is 163 Å². The van der Waals surface area contributed by atoms with Crippen molar-refractivity contribution in [3.63, 3.8) is 0 Å². The summed E-state index contributed by atoms with van der Waals surface area (Å²) in [5.74, 6) is 1.65. The van der Waals surface area contributed by atoms with E-state index in [1.54, 1.807) is 6.20 Å². The molecule has 0 bridgehead atoms. The lowest BCUT2D eigenvalue weighted by atomic mass is 10.0. The molecule has 0 radical (unpaired) electrons. The molecule has 0 unspecified atom stereocenters. The second-order valence-electron chi connectivity index (χ2n) is 6.69. The Kier molecular flexibility index (Phi) is 6.34. The van der Waals surface area contributed by atoms with Crippen molar-refractivity contribution in [3.05, 3.63) is 46.9 Å². The van der Waals surface area contributed by atoms with Crippen molar-refractivity contribution in [2.24, 2.45) is 0 Å². The van der Waals surface area contributed by atoms with E-state index in [1.807, 2.05) is 12.1 Å². The monoisotopic (exact) mass is 384 g/mol. The zero-order valence-electron chi connectivity index (χ0n) is 15.9. The molecule has 0 saturated carbocycles. The van der Waals surface area contributed by atoms with Crippen molar-refractivity contribution in [2.45, 2.75) is 52.4 Å². The van der Waals surface area contributed by atoms with Crippen LogP contribution in [0.25, 0.3) is 11.3 Å². The first kappa shape index (κ1) is 19.2. The third kappa shape index (κ3) is 5.23. The van der Waals surface area contributed by atoms with Gasteiger partial charge in [-0.05, 0) is 17.9 Å². The number of hydrogen-bond donors (Lipinski definition) is 1. The predicted octanol–water partition coefficient (Wildman–Crippen LogP) is 4.84. The second kappa shape index (κ2) is 8.90. The number of benzene rings is 1. The van der Waals surface area contributed by atoms with E-state index in [4.69, 9.17) is 4.42 Å². The number of carbonyl (C=O) groups excluding carboxylic acids is 1. The molecule has 142 valence electrons. The number of nitrogens with zero attached hydrogens (tertiary/aromatic N) is 3. The molecule has 2 aromatic heterocycles. The molecule has 2 heterocycles. The maximum Gasteiger partial charge on any atom is 0.226 e. The van der Waals surface area contributed by atoms with Crippen LogP contribution >= 0.6 is 11.3 Å². The van der Waals surface area contributed by atoms with Gasteiger partial charge in [-0.1, -0.05) is 56.4 Å². The summed E-state index contributed by atoms with van der Waals surface area (Å²) in [6.07, 6.45) is 4.32. The first-order valence-electron chi connectivity index (χ1n) is 9.22. The summed E-state index contributed by atoms with van der Waals surface area (Å²) >= 11 is 1.42. The van der Waals surface area contributed by atoms with Gasteiger partial charge in [0, 0.05) is 24.8 Å². The molecule has 1 amide bonds. The number of oxazole rings is 1. The maximum atomic E-state index is 12.1. The number of nitrogens with one attached hydrogen (secondary N) is 1. The van der Waals surface area contributed by atoms with Crippen LogP contribution in [0.3, 0.4) is 0 Å². The van der Waals surface area contributed by atoms with Gasteiger partial charge in [0.1, 0.15) is 5.01 Å². The van der Waals surface area contributed by atoms with Gasteiger partial charge in [-0.15, -0.1) is 10.2 Å². The highest BCUT2D eigenvalue weighted by Gasteiger charge is 2.11. The Balaban J connectivity index is 1.53. The van der Waals surface area contributed by atoms with Crippen molar-refractivity contribution < 1.29 is 9.21 Å². The molecule has 0 saturated heterocycles. The highest BCUT2D eigenvalue weighted by atomic mass is 32.1. The normalized spacial score (nSPS) is 11.1. The molecular formula is C20H24N4O2S. The van der Waals surface area contributed by atoms with Gasteiger partial charge < -0.3 is 9.73 Å². The van der Waals surface area contributed by atoms with Gasteiger partial charge in [0.25, 0.3) is 0 Å². The van der Waals surface area contributed by atoms with E-state index in [9.17, 15) is 4.79 Å². The van der Waals surface area contributed by atoms with Gasteiger partial charge in [-0.3, -0.25) is 4.79 Å². The van der Waals surface area contributed by atoms with E-state index < -0.39 is 0 Å². The zero-order chi connectivity index (χ0) is 19.2. The van der Waals surface area contributed by atoms with Gasteiger partial charge >= 0.3 is 0 Å². The van der Waals surface area contributed by atoms with Gasteiger partial charge in [0.15, 0.2) is 11.7 Å². The van der Waals surface area contributed by atoms with Gasteiger partial charge in [-0.2, -0.15) is 0 Å². The number of anilines is 1. The summed E-state index contributed by atoms with van der Waals surface area (Å²) in [5.41, 5.74) is 2.27. The van der Waals surface area contributed by atoms with Crippen molar-refractivity contribution >= 4 is 22.4 Å². The van der Waals surface area contributed by atoms with E-state index in [2.05, 4.69) is 53.4 Å². The minimum Gasteiger partial charge on any atom is -0.441 e. The second-order valence-corrected chi connectivity index (χ2v) is 7.76. The van der Waals surface area contributed by atoms with Crippen molar-refractivity contribution in [1.82, 2.24) is 15.2 Å². The lowest BCUT2D eigenvalue weighted by Gasteiger charge is -2.05. The molecule has 3 aromatic rings. The number of rotatable bonds is 8. The van der Waals surface area contributed by atoms with Gasteiger partial charge in [0.05, 0.1) is 6.20 Å². The van der Waals surface area contributed by atoms with E-state index in [1.165, 1.54) is 16.9 Å². The zero-order valence-corrected chi connectivity index (χ0v) is 16.7. The summed E-state index contributed by atoms with van der Waals surface area (Å²) < 4.78 is 5.79. The molecule has 0 fully saturated rings. The minimum atomic E-state index is -0.116. The first-order chi connectivity index (χ1) is 13.0. The molecular weight excluding hydrogens is 360 g/mol. The third-order valence-corrected chi connectivity index (χ3v) is 5.06. The topological polar surface area (TPSA) is 80.9 Å². The molecule has 0 spiro atoms. The lowest BCUT2D eigenvalue weighted by molar-refractivity contribution is -0.116. The highest BCUT2D eigenvalue weighted by Crippen LogP contribution is 2.24. The summed E-state index contributed by atoms with van der Waals surface area (Å²) in [5, 5.41) is 12.3. The van der Waals surface area contributed by atoms with Crippen LogP contribution in [0, 0.1) is 0 Å². The molecule has 0 aliphatic heterocycles. The fraction of sp³-hybridized carbons (Fsp3) is 0.400. The Morgan fingerprint density at radius 2 is 1.96 bits per heavy atom. The van der Waals surface area contributed by atoms with Crippen LogP contribution in [0.4, 0.5) is 5.13 Å². The molecule has 0 aliphatic rings. The summed E-state index contributed by atoms with van der Waals surface area (Å²) in [7, 11) is 0. The molecule has 1 aromatic carbocycles. The fourth-order valence-corrected chi connectivity index (χ4v) is 3.47. The minimum absolute atomic E-state index is 0.116. The third-order valence-electron chi connectivity index (χ3n) is 4.16. The van der Waals surface area contributed by atoms with Crippen LogP contribution in [-0.4, -0.2) is 21.1 Å². The Hall–Kier alpha value is -2.54. The molecule has 0 aliphatic carbocycles. The Bertz CT molecular complexity index is 884. The van der Waals surface area contributed by atoms with Crippen LogP contribution in [0.1, 0.15) is 56.0 Å². The summed E-state index contributed by atoms with van der Waals surface area (Å²) in [6.45, 7) is 6.42. The van der Waals surface area contributed by atoms with Crippen LogP contribution in [0.15, 0.2) is 34.9 Å². The van der Waals surface area contributed by atoms with Crippen molar-refractivity contribution in [1.29, 1.82) is 0 Å². The largest absolute Gasteiger partial charge is 0.441 e. The molecule has 3 rings (SSSR count). The summed E-state index contributed by atoms with van der Waals surface area (Å²) in [6, 6.07) is 8.28. The molecule has 0 atom stereocenters. The quantitative estimate of drug-likeness (QED) is 0.601. The molecule has 1 N–H and O–H groups in total. The standard InChI is InChI=1S/C20H24N4O2S/c1-4-5-19-23-24-20(27-19)22-17(25)10-11-18-21-12-16(26-18)15-8-6-14(7-9-15)13(2)3/h6-9,12-13H,4-5,10-11H2,1-3H3,(H,22,24,25). The highest BCUT2D eigenvalue weighted by molar-refractivity contribution is 7.15. The Morgan fingerprint density at radius 3 is 2.67 bits per heavy atom. The average Bonchev–Trinajstić information content (AvgIpc) is 3.30. The predicted molar refractivity (Wildman–Crippen MR) is 107 cm³/mol. The van der Waals surface area contributed by atoms with E-state index in [-0.39, 0.29) is 12.3 Å². The molecule has 27 heavy (non-hydrogen) atoms. The molecule has 6 nitrogen and oxygen atoms in total. The van der Waals surface area contributed by atoms with Crippen molar-refractivity contribution in [2.75, 3.05) is 5.32 Å². The number of hydrogen-bond acceptors (Lipinski definition) is 6. The number of carbonyl (C=O) groups is 1. The average molecular weight is 385 g/mol.